The summed E-state index contributed by atoms with van der Waals surface area (Å²) < 4.78 is 38.6. The third kappa shape index (κ3) is 5.03. The van der Waals surface area contributed by atoms with E-state index in [1.165, 1.54) is 32.4 Å². The Morgan fingerprint density at radius 1 is 0.900 bits per heavy atom. The standard InChI is InChI=1S/C21H19ClN2O5S/c1-28-18-9-6-16(7-10-18)24-30(26,27)20-13-17(8-11-19(20)29-2)23-21(25)14-4-3-5-15(22)12-14/h3-13,24H,1-2H3,(H,23,25). The molecule has 0 radical (unpaired) electrons. The third-order valence-electron chi connectivity index (χ3n) is 4.14. The molecule has 2 N–H and O–H groups in total. The molecule has 0 heterocycles. The zero-order chi connectivity index (χ0) is 21.7. The van der Waals surface area contributed by atoms with Gasteiger partial charge in [-0.1, -0.05) is 17.7 Å². The molecule has 0 aliphatic heterocycles. The molecule has 0 aromatic heterocycles. The Morgan fingerprint density at radius 3 is 2.23 bits per heavy atom. The summed E-state index contributed by atoms with van der Waals surface area (Å²) in [5.74, 6) is 0.312. The molecule has 0 atom stereocenters. The van der Waals surface area contributed by atoms with Crippen LogP contribution in [0.1, 0.15) is 10.4 Å². The molecular weight excluding hydrogens is 428 g/mol. The molecular formula is C21H19ClN2O5S. The lowest BCUT2D eigenvalue weighted by Crippen LogP contribution is -2.16. The second kappa shape index (κ2) is 9.06. The topological polar surface area (TPSA) is 93.7 Å². The van der Waals surface area contributed by atoms with Crippen molar-refractivity contribution in [2.24, 2.45) is 0 Å². The van der Waals surface area contributed by atoms with Crippen LogP contribution in [0.2, 0.25) is 5.02 Å². The first kappa shape index (κ1) is 21.5. The number of sulfonamides is 1. The minimum atomic E-state index is -3.99. The van der Waals surface area contributed by atoms with Crippen LogP contribution in [0.3, 0.4) is 0 Å². The second-order valence-electron chi connectivity index (χ2n) is 6.16. The van der Waals surface area contributed by atoms with Crippen LogP contribution in [0.5, 0.6) is 11.5 Å². The highest BCUT2D eigenvalue weighted by atomic mass is 35.5. The molecule has 0 saturated heterocycles. The van der Waals surface area contributed by atoms with E-state index in [2.05, 4.69) is 10.0 Å². The average Bonchev–Trinajstić information content (AvgIpc) is 2.74. The molecule has 7 nitrogen and oxygen atoms in total. The molecule has 9 heteroatoms. The summed E-state index contributed by atoms with van der Waals surface area (Å²) in [5, 5.41) is 3.09. The first-order chi connectivity index (χ1) is 14.3. The molecule has 156 valence electrons. The summed E-state index contributed by atoms with van der Waals surface area (Å²) in [5.41, 5.74) is 0.987. The predicted molar refractivity (Wildman–Crippen MR) is 116 cm³/mol. The van der Waals surface area contributed by atoms with Crippen LogP contribution < -0.4 is 19.5 Å². The zero-order valence-electron chi connectivity index (χ0n) is 16.2. The Labute approximate surface area is 179 Å². The maximum atomic E-state index is 12.9. The molecule has 0 fully saturated rings. The summed E-state index contributed by atoms with van der Waals surface area (Å²) in [6.07, 6.45) is 0. The van der Waals surface area contributed by atoms with E-state index in [0.717, 1.165) is 0 Å². The molecule has 0 aliphatic carbocycles. The van der Waals surface area contributed by atoms with Crippen LogP contribution in [0.4, 0.5) is 11.4 Å². The number of amides is 1. The number of carbonyl (C=O) groups is 1. The molecule has 0 aliphatic rings. The highest BCUT2D eigenvalue weighted by Crippen LogP contribution is 2.29. The van der Waals surface area contributed by atoms with Gasteiger partial charge < -0.3 is 14.8 Å². The van der Waals surface area contributed by atoms with Crippen molar-refractivity contribution in [3.8, 4) is 11.5 Å². The lowest BCUT2D eigenvalue weighted by atomic mass is 10.2. The minimum absolute atomic E-state index is 0.121. The maximum absolute atomic E-state index is 12.9. The van der Waals surface area contributed by atoms with E-state index in [0.29, 0.717) is 22.0 Å². The molecule has 0 unspecified atom stereocenters. The van der Waals surface area contributed by atoms with Crippen molar-refractivity contribution in [3.05, 3.63) is 77.3 Å². The summed E-state index contributed by atoms with van der Waals surface area (Å²) in [6.45, 7) is 0. The Hall–Kier alpha value is -3.23. The number of nitrogens with one attached hydrogen (secondary N) is 2. The fraction of sp³-hybridized carbons (Fsp3) is 0.0952. The van der Waals surface area contributed by atoms with Gasteiger partial charge >= 0.3 is 0 Å². The van der Waals surface area contributed by atoms with Crippen molar-refractivity contribution in [3.63, 3.8) is 0 Å². The molecule has 0 saturated carbocycles. The first-order valence-corrected chi connectivity index (χ1v) is 10.6. The third-order valence-corrected chi connectivity index (χ3v) is 5.78. The summed E-state index contributed by atoms with van der Waals surface area (Å²) in [7, 11) is -1.11. The highest BCUT2D eigenvalue weighted by Gasteiger charge is 2.21. The van der Waals surface area contributed by atoms with Crippen molar-refractivity contribution < 1.29 is 22.7 Å². The molecule has 30 heavy (non-hydrogen) atoms. The van der Waals surface area contributed by atoms with Crippen molar-refractivity contribution in [2.75, 3.05) is 24.3 Å². The van der Waals surface area contributed by atoms with Crippen molar-refractivity contribution in [1.82, 2.24) is 0 Å². The SMILES string of the molecule is COc1ccc(NS(=O)(=O)c2cc(NC(=O)c3cccc(Cl)c3)ccc2OC)cc1. The van der Waals surface area contributed by atoms with Gasteiger partial charge in [0.2, 0.25) is 0 Å². The number of rotatable bonds is 7. The van der Waals surface area contributed by atoms with Crippen LogP contribution >= 0.6 is 11.6 Å². The lowest BCUT2D eigenvalue weighted by Gasteiger charge is -2.14. The van der Waals surface area contributed by atoms with Crippen LogP contribution in [0, 0.1) is 0 Å². The van der Waals surface area contributed by atoms with E-state index < -0.39 is 15.9 Å². The number of ether oxygens (including phenoxy) is 2. The summed E-state index contributed by atoms with van der Waals surface area (Å²) >= 11 is 5.92. The fourth-order valence-electron chi connectivity index (χ4n) is 2.67. The summed E-state index contributed by atoms with van der Waals surface area (Å²) in [4.78, 5) is 12.3. The quantitative estimate of drug-likeness (QED) is 0.560. The van der Waals surface area contributed by atoms with E-state index in [9.17, 15) is 13.2 Å². The molecule has 0 bridgehead atoms. The monoisotopic (exact) mass is 446 g/mol. The average molecular weight is 447 g/mol. The Morgan fingerprint density at radius 2 is 1.60 bits per heavy atom. The lowest BCUT2D eigenvalue weighted by molar-refractivity contribution is 0.102. The highest BCUT2D eigenvalue weighted by molar-refractivity contribution is 7.92. The van der Waals surface area contributed by atoms with E-state index in [1.54, 1.807) is 48.5 Å². The van der Waals surface area contributed by atoms with Crippen LogP contribution in [0.15, 0.2) is 71.6 Å². The largest absolute Gasteiger partial charge is 0.497 e. The van der Waals surface area contributed by atoms with Gasteiger partial charge in [0.15, 0.2) is 0 Å². The van der Waals surface area contributed by atoms with Gasteiger partial charge in [-0.3, -0.25) is 9.52 Å². The van der Waals surface area contributed by atoms with Gasteiger partial charge in [0.1, 0.15) is 16.4 Å². The van der Waals surface area contributed by atoms with Crippen molar-refractivity contribution in [2.45, 2.75) is 4.90 Å². The molecule has 3 aromatic carbocycles. The molecule has 3 rings (SSSR count). The van der Waals surface area contributed by atoms with Gasteiger partial charge in [0.05, 0.1) is 14.2 Å². The van der Waals surface area contributed by atoms with Gasteiger partial charge in [0, 0.05) is 22.0 Å². The normalized spacial score (nSPS) is 10.9. The Balaban J connectivity index is 1.88. The number of benzene rings is 3. The van der Waals surface area contributed by atoms with Crippen LogP contribution in [0.25, 0.3) is 0 Å². The van der Waals surface area contributed by atoms with Gasteiger partial charge in [-0.2, -0.15) is 0 Å². The van der Waals surface area contributed by atoms with Crippen LogP contribution in [-0.2, 0) is 10.0 Å². The van der Waals surface area contributed by atoms with E-state index in [1.807, 2.05) is 0 Å². The van der Waals surface area contributed by atoms with Gasteiger partial charge in [-0.15, -0.1) is 0 Å². The number of methoxy groups -OCH3 is 2. The molecule has 0 spiro atoms. The van der Waals surface area contributed by atoms with E-state index in [4.69, 9.17) is 21.1 Å². The van der Waals surface area contributed by atoms with E-state index in [-0.39, 0.29) is 16.3 Å². The van der Waals surface area contributed by atoms with Crippen molar-refractivity contribution >= 4 is 38.9 Å². The smallest absolute Gasteiger partial charge is 0.265 e. The minimum Gasteiger partial charge on any atom is -0.497 e. The fourth-order valence-corrected chi connectivity index (χ4v) is 4.11. The van der Waals surface area contributed by atoms with Crippen LogP contribution in [-0.4, -0.2) is 28.5 Å². The molecule has 3 aromatic rings. The first-order valence-electron chi connectivity index (χ1n) is 8.74. The van der Waals surface area contributed by atoms with E-state index >= 15 is 0 Å². The zero-order valence-corrected chi connectivity index (χ0v) is 17.8. The van der Waals surface area contributed by atoms with Gasteiger partial charge in [0.25, 0.3) is 15.9 Å². The second-order valence-corrected chi connectivity index (χ2v) is 8.25. The maximum Gasteiger partial charge on any atom is 0.265 e. The number of hydrogen-bond donors (Lipinski definition) is 2. The Bertz CT molecular complexity index is 1160. The number of halogens is 1. The predicted octanol–water partition coefficient (Wildman–Crippen LogP) is 4.41. The molecule has 1 amide bonds. The van der Waals surface area contributed by atoms with Gasteiger partial charge in [-0.05, 0) is 60.7 Å². The Kier molecular flexibility index (Phi) is 6.49. The number of carbonyl (C=O) groups excluding carboxylic acids is 1. The number of hydrogen-bond acceptors (Lipinski definition) is 5. The van der Waals surface area contributed by atoms with Gasteiger partial charge in [-0.25, -0.2) is 8.42 Å². The summed E-state index contributed by atoms with van der Waals surface area (Å²) in [6, 6.07) is 17.2. The van der Waals surface area contributed by atoms with Crippen molar-refractivity contribution in [1.29, 1.82) is 0 Å². The number of anilines is 2.